The van der Waals surface area contributed by atoms with Crippen LogP contribution >= 0.6 is 35.0 Å². The SMILES string of the molecule is CN(C)CCCN(Cc1ccc(Cl)c(Cl)c1)C(=O)CSCC(=O)O. The summed E-state index contributed by atoms with van der Waals surface area (Å²) in [5, 5.41) is 9.61. The van der Waals surface area contributed by atoms with Crippen LogP contribution in [0, 0.1) is 0 Å². The molecule has 1 N–H and O–H groups in total. The summed E-state index contributed by atoms with van der Waals surface area (Å²) in [4.78, 5) is 26.8. The number of carbonyl (C=O) groups is 2. The number of rotatable bonds is 10. The lowest BCUT2D eigenvalue weighted by atomic mass is 10.2. The van der Waals surface area contributed by atoms with Gasteiger partial charge in [0.05, 0.1) is 21.6 Å². The number of aliphatic carboxylic acids is 1. The molecule has 0 aliphatic rings. The smallest absolute Gasteiger partial charge is 0.313 e. The number of halogens is 2. The first kappa shape index (κ1) is 21.1. The van der Waals surface area contributed by atoms with Crippen molar-refractivity contribution in [1.82, 2.24) is 9.80 Å². The Morgan fingerprint density at radius 2 is 1.83 bits per heavy atom. The third-order valence-electron chi connectivity index (χ3n) is 3.19. The zero-order chi connectivity index (χ0) is 18.1. The van der Waals surface area contributed by atoms with E-state index < -0.39 is 5.97 Å². The maximum absolute atomic E-state index is 12.4. The van der Waals surface area contributed by atoms with Gasteiger partial charge in [-0.15, -0.1) is 11.8 Å². The van der Waals surface area contributed by atoms with Gasteiger partial charge in [-0.1, -0.05) is 29.3 Å². The molecule has 24 heavy (non-hydrogen) atoms. The maximum Gasteiger partial charge on any atom is 0.313 e. The molecule has 0 saturated heterocycles. The molecule has 1 amide bonds. The van der Waals surface area contributed by atoms with Crippen molar-refractivity contribution in [2.45, 2.75) is 13.0 Å². The third-order valence-corrected chi connectivity index (χ3v) is 4.84. The fourth-order valence-corrected chi connectivity index (χ4v) is 3.00. The van der Waals surface area contributed by atoms with Crippen LogP contribution in [0.1, 0.15) is 12.0 Å². The first-order chi connectivity index (χ1) is 11.3. The van der Waals surface area contributed by atoms with E-state index in [1.54, 1.807) is 17.0 Å². The van der Waals surface area contributed by atoms with Crippen molar-refractivity contribution in [2.24, 2.45) is 0 Å². The number of carboxylic acid groups (broad SMARTS) is 1. The molecular formula is C16H22Cl2N2O3S. The number of nitrogens with zero attached hydrogens (tertiary/aromatic N) is 2. The Morgan fingerprint density at radius 3 is 2.42 bits per heavy atom. The van der Waals surface area contributed by atoms with Crippen molar-refractivity contribution < 1.29 is 14.7 Å². The van der Waals surface area contributed by atoms with E-state index in [1.807, 2.05) is 20.2 Å². The fraction of sp³-hybridized carbons (Fsp3) is 0.500. The predicted octanol–water partition coefficient (Wildman–Crippen LogP) is 3.09. The summed E-state index contributed by atoms with van der Waals surface area (Å²) < 4.78 is 0. The number of hydrogen-bond donors (Lipinski definition) is 1. The largest absolute Gasteiger partial charge is 0.481 e. The summed E-state index contributed by atoms with van der Waals surface area (Å²) in [6.45, 7) is 1.90. The quantitative estimate of drug-likeness (QED) is 0.662. The molecule has 0 aliphatic carbocycles. The van der Waals surface area contributed by atoms with Crippen molar-refractivity contribution in [2.75, 3.05) is 38.7 Å². The van der Waals surface area contributed by atoms with E-state index in [1.165, 1.54) is 0 Å². The number of hydrogen-bond acceptors (Lipinski definition) is 4. The minimum absolute atomic E-state index is 0.0777. The highest BCUT2D eigenvalue weighted by molar-refractivity contribution is 8.00. The highest BCUT2D eigenvalue weighted by Gasteiger charge is 2.15. The third kappa shape index (κ3) is 8.24. The normalized spacial score (nSPS) is 10.9. The molecule has 0 heterocycles. The predicted molar refractivity (Wildman–Crippen MR) is 100 cm³/mol. The van der Waals surface area contributed by atoms with E-state index in [4.69, 9.17) is 28.3 Å². The van der Waals surface area contributed by atoms with Crippen molar-refractivity contribution in [1.29, 1.82) is 0 Å². The van der Waals surface area contributed by atoms with Crippen molar-refractivity contribution in [3.8, 4) is 0 Å². The summed E-state index contributed by atoms with van der Waals surface area (Å²) in [6, 6.07) is 5.30. The number of benzene rings is 1. The van der Waals surface area contributed by atoms with Crippen molar-refractivity contribution >= 4 is 46.8 Å². The first-order valence-corrected chi connectivity index (χ1v) is 9.36. The maximum atomic E-state index is 12.4. The summed E-state index contributed by atoms with van der Waals surface area (Å²) in [5.74, 6) is -0.929. The Bertz CT molecular complexity index is 570. The molecule has 1 aromatic rings. The second kappa shape index (κ2) is 10.8. The number of carbonyl (C=O) groups excluding carboxylic acids is 1. The lowest BCUT2D eigenvalue weighted by Gasteiger charge is -2.24. The standard InChI is InChI=1S/C16H22Cl2N2O3S/c1-19(2)6-3-7-20(15(21)10-24-11-16(22)23)9-12-4-5-13(17)14(18)8-12/h4-5,8H,3,6-7,9-11H2,1-2H3,(H,22,23). The van der Waals surface area contributed by atoms with Crippen LogP contribution in [0.4, 0.5) is 0 Å². The molecule has 0 spiro atoms. The average molecular weight is 393 g/mol. The molecule has 0 aromatic heterocycles. The van der Waals surface area contributed by atoms with Gasteiger partial charge < -0.3 is 14.9 Å². The van der Waals surface area contributed by atoms with Gasteiger partial charge in [0.2, 0.25) is 5.91 Å². The van der Waals surface area contributed by atoms with Gasteiger partial charge in [-0.05, 0) is 44.8 Å². The van der Waals surface area contributed by atoms with Gasteiger partial charge in [-0.2, -0.15) is 0 Å². The molecule has 0 radical (unpaired) electrons. The highest BCUT2D eigenvalue weighted by Crippen LogP contribution is 2.23. The van der Waals surface area contributed by atoms with E-state index >= 15 is 0 Å². The monoisotopic (exact) mass is 392 g/mol. The average Bonchev–Trinajstić information content (AvgIpc) is 2.49. The van der Waals surface area contributed by atoms with Crippen LogP contribution in [-0.2, 0) is 16.1 Å². The Balaban J connectivity index is 2.69. The number of thioether (sulfide) groups is 1. The molecule has 134 valence electrons. The molecular weight excluding hydrogens is 371 g/mol. The topological polar surface area (TPSA) is 60.9 Å². The number of amides is 1. The van der Waals surface area contributed by atoms with E-state index in [-0.39, 0.29) is 17.4 Å². The first-order valence-electron chi connectivity index (χ1n) is 7.45. The van der Waals surface area contributed by atoms with Gasteiger partial charge in [0.15, 0.2) is 0 Å². The van der Waals surface area contributed by atoms with E-state index in [0.29, 0.717) is 23.1 Å². The molecule has 0 aliphatic heterocycles. The zero-order valence-electron chi connectivity index (χ0n) is 13.8. The summed E-state index contributed by atoms with van der Waals surface area (Å²) in [6.07, 6.45) is 0.837. The van der Waals surface area contributed by atoms with Gasteiger partial charge in [0.25, 0.3) is 0 Å². The van der Waals surface area contributed by atoms with Crippen LogP contribution in [-0.4, -0.2) is 65.5 Å². The minimum Gasteiger partial charge on any atom is -0.481 e. The molecule has 0 atom stereocenters. The highest BCUT2D eigenvalue weighted by atomic mass is 35.5. The summed E-state index contributed by atoms with van der Waals surface area (Å²) >= 11 is 13.1. The molecule has 0 fully saturated rings. The summed E-state index contributed by atoms with van der Waals surface area (Å²) in [5.41, 5.74) is 0.894. The Labute approximate surface area is 156 Å². The second-order valence-electron chi connectivity index (χ2n) is 5.61. The van der Waals surface area contributed by atoms with Gasteiger partial charge in [0, 0.05) is 13.1 Å². The Morgan fingerprint density at radius 1 is 1.12 bits per heavy atom. The Hall–Kier alpha value is -0.950. The molecule has 0 bridgehead atoms. The van der Waals surface area contributed by atoms with Crippen LogP contribution < -0.4 is 0 Å². The minimum atomic E-state index is -0.920. The molecule has 5 nitrogen and oxygen atoms in total. The second-order valence-corrected chi connectivity index (χ2v) is 7.41. The summed E-state index contributed by atoms with van der Waals surface area (Å²) in [7, 11) is 3.96. The van der Waals surface area contributed by atoms with Gasteiger partial charge in [-0.25, -0.2) is 0 Å². The van der Waals surface area contributed by atoms with Crippen molar-refractivity contribution in [3.05, 3.63) is 33.8 Å². The lowest BCUT2D eigenvalue weighted by Crippen LogP contribution is -2.34. The van der Waals surface area contributed by atoms with E-state index in [0.717, 1.165) is 30.3 Å². The van der Waals surface area contributed by atoms with Crippen LogP contribution in [0.2, 0.25) is 10.0 Å². The van der Waals surface area contributed by atoms with Crippen LogP contribution in [0.5, 0.6) is 0 Å². The fourth-order valence-electron chi connectivity index (χ4n) is 2.05. The van der Waals surface area contributed by atoms with Crippen LogP contribution in [0.3, 0.4) is 0 Å². The molecule has 1 aromatic carbocycles. The molecule has 8 heteroatoms. The molecule has 0 saturated carbocycles. The number of carboxylic acids is 1. The van der Waals surface area contributed by atoms with Gasteiger partial charge >= 0.3 is 5.97 Å². The van der Waals surface area contributed by atoms with Gasteiger partial charge in [0.1, 0.15) is 0 Å². The zero-order valence-corrected chi connectivity index (χ0v) is 16.1. The van der Waals surface area contributed by atoms with Gasteiger partial charge in [-0.3, -0.25) is 9.59 Å². The molecule has 1 rings (SSSR count). The molecule has 0 unspecified atom stereocenters. The van der Waals surface area contributed by atoms with Crippen LogP contribution in [0.25, 0.3) is 0 Å². The lowest BCUT2D eigenvalue weighted by molar-refractivity contribution is -0.133. The van der Waals surface area contributed by atoms with Crippen molar-refractivity contribution in [3.63, 3.8) is 0 Å². The van der Waals surface area contributed by atoms with E-state index in [2.05, 4.69) is 4.90 Å². The van der Waals surface area contributed by atoms with Crippen LogP contribution in [0.15, 0.2) is 18.2 Å². The Kier molecular flexibility index (Phi) is 9.51. The van der Waals surface area contributed by atoms with E-state index in [9.17, 15) is 9.59 Å².